The molecule has 3 N–H and O–H groups in total. The van der Waals surface area contributed by atoms with Crippen LogP contribution in [-0.2, 0) is 0 Å². The van der Waals surface area contributed by atoms with Gasteiger partial charge in [-0.3, -0.25) is 0 Å². The molecule has 0 aromatic heterocycles. The molecule has 2 aromatic carbocycles. The van der Waals surface area contributed by atoms with Gasteiger partial charge in [0, 0.05) is 11.3 Å². The summed E-state index contributed by atoms with van der Waals surface area (Å²) >= 11 is 0. The quantitative estimate of drug-likeness (QED) is 0.722. The molecule has 0 aliphatic carbocycles. The Labute approximate surface area is 107 Å². The highest BCUT2D eigenvalue weighted by atomic mass is 16.3. The topological polar surface area (TPSA) is 52.5 Å². The van der Waals surface area contributed by atoms with E-state index in [9.17, 15) is 10.2 Å². The molecule has 0 radical (unpaired) electrons. The lowest BCUT2D eigenvalue weighted by Crippen LogP contribution is -2.06. The number of hydrogen-bond acceptors (Lipinski definition) is 3. The summed E-state index contributed by atoms with van der Waals surface area (Å²) in [7, 11) is 0. The third-order valence-corrected chi connectivity index (χ3v) is 2.88. The summed E-state index contributed by atoms with van der Waals surface area (Å²) in [6, 6.07) is 12.5. The van der Waals surface area contributed by atoms with Crippen molar-refractivity contribution in [1.82, 2.24) is 0 Å². The van der Waals surface area contributed by atoms with E-state index in [-0.39, 0.29) is 17.5 Å². The summed E-state index contributed by atoms with van der Waals surface area (Å²) < 4.78 is 0. The Kier molecular flexibility index (Phi) is 3.42. The van der Waals surface area contributed by atoms with Crippen LogP contribution < -0.4 is 5.32 Å². The number of anilines is 1. The van der Waals surface area contributed by atoms with Crippen LogP contribution in [-0.4, -0.2) is 10.2 Å². The van der Waals surface area contributed by atoms with Crippen LogP contribution in [0.5, 0.6) is 11.5 Å². The molecule has 0 aliphatic rings. The molecule has 0 aliphatic heterocycles. The van der Waals surface area contributed by atoms with Crippen LogP contribution in [0.15, 0.2) is 42.5 Å². The Morgan fingerprint density at radius 2 is 1.83 bits per heavy atom. The number of aryl methyl sites for hydroxylation is 1. The van der Waals surface area contributed by atoms with Gasteiger partial charge in [-0.1, -0.05) is 12.1 Å². The Morgan fingerprint density at radius 3 is 2.56 bits per heavy atom. The predicted octanol–water partition coefficient (Wildman–Crippen LogP) is 3.58. The van der Waals surface area contributed by atoms with E-state index in [0.717, 1.165) is 5.69 Å². The number of benzene rings is 2. The number of hydrogen-bond donors (Lipinski definition) is 3. The molecule has 2 rings (SSSR count). The third kappa shape index (κ3) is 2.74. The van der Waals surface area contributed by atoms with Crippen molar-refractivity contribution >= 4 is 5.69 Å². The lowest BCUT2D eigenvalue weighted by molar-refractivity contribution is 0.451. The molecule has 0 spiro atoms. The first kappa shape index (κ1) is 12.3. The maximum atomic E-state index is 9.79. The first-order valence-corrected chi connectivity index (χ1v) is 5.91. The molecular weight excluding hydrogens is 226 g/mol. The highest BCUT2D eigenvalue weighted by Crippen LogP contribution is 2.30. The summed E-state index contributed by atoms with van der Waals surface area (Å²) in [4.78, 5) is 0. The van der Waals surface area contributed by atoms with Gasteiger partial charge in [0.05, 0.1) is 6.04 Å². The zero-order valence-corrected chi connectivity index (χ0v) is 10.5. The second-order valence-corrected chi connectivity index (χ2v) is 4.48. The van der Waals surface area contributed by atoms with Gasteiger partial charge in [-0.15, -0.1) is 0 Å². The Balaban J connectivity index is 2.21. The van der Waals surface area contributed by atoms with Crippen molar-refractivity contribution in [2.24, 2.45) is 0 Å². The van der Waals surface area contributed by atoms with Crippen LogP contribution in [0.3, 0.4) is 0 Å². The summed E-state index contributed by atoms with van der Waals surface area (Å²) in [5.74, 6) is 0.334. The zero-order valence-electron chi connectivity index (χ0n) is 10.5. The maximum absolute atomic E-state index is 9.79. The fourth-order valence-electron chi connectivity index (χ4n) is 1.95. The van der Waals surface area contributed by atoms with Crippen molar-refractivity contribution in [2.45, 2.75) is 19.9 Å². The summed E-state index contributed by atoms with van der Waals surface area (Å²) in [6.07, 6.45) is 0. The first-order valence-electron chi connectivity index (χ1n) is 5.91. The second kappa shape index (κ2) is 5.00. The summed E-state index contributed by atoms with van der Waals surface area (Å²) in [5.41, 5.74) is 2.84. The SMILES string of the molecule is Cc1cccc(NC(C)c2cc(O)ccc2O)c1. The average Bonchev–Trinajstić information content (AvgIpc) is 2.32. The number of aromatic hydroxyl groups is 2. The van der Waals surface area contributed by atoms with E-state index in [1.165, 1.54) is 17.7 Å². The molecule has 0 amide bonds. The molecule has 0 saturated heterocycles. The van der Waals surface area contributed by atoms with Crippen LogP contribution in [0.25, 0.3) is 0 Å². The van der Waals surface area contributed by atoms with Crippen molar-refractivity contribution in [3.8, 4) is 11.5 Å². The highest BCUT2D eigenvalue weighted by molar-refractivity contribution is 5.50. The third-order valence-electron chi connectivity index (χ3n) is 2.88. The van der Waals surface area contributed by atoms with Gasteiger partial charge in [0.1, 0.15) is 11.5 Å². The largest absolute Gasteiger partial charge is 0.508 e. The van der Waals surface area contributed by atoms with Gasteiger partial charge in [-0.05, 0) is 49.7 Å². The van der Waals surface area contributed by atoms with Crippen LogP contribution in [0.4, 0.5) is 5.69 Å². The van der Waals surface area contributed by atoms with Crippen LogP contribution in [0, 0.1) is 6.92 Å². The maximum Gasteiger partial charge on any atom is 0.121 e. The standard InChI is InChI=1S/C15H17NO2/c1-10-4-3-5-12(8-10)16-11(2)14-9-13(17)6-7-15(14)18/h3-9,11,16-18H,1-2H3. The van der Waals surface area contributed by atoms with Crippen molar-refractivity contribution in [3.63, 3.8) is 0 Å². The van der Waals surface area contributed by atoms with Crippen molar-refractivity contribution in [2.75, 3.05) is 5.32 Å². The van der Waals surface area contributed by atoms with E-state index in [1.54, 1.807) is 6.07 Å². The lowest BCUT2D eigenvalue weighted by atomic mass is 10.1. The van der Waals surface area contributed by atoms with E-state index < -0.39 is 0 Å². The molecule has 3 nitrogen and oxygen atoms in total. The fraction of sp³-hybridized carbons (Fsp3) is 0.200. The minimum absolute atomic E-state index is 0.0844. The van der Waals surface area contributed by atoms with Crippen LogP contribution in [0.1, 0.15) is 24.1 Å². The average molecular weight is 243 g/mol. The van der Waals surface area contributed by atoms with Crippen LogP contribution >= 0.6 is 0 Å². The Bertz CT molecular complexity index is 552. The second-order valence-electron chi connectivity index (χ2n) is 4.48. The van der Waals surface area contributed by atoms with E-state index in [1.807, 2.05) is 38.1 Å². The number of nitrogens with one attached hydrogen (secondary N) is 1. The molecule has 0 saturated carbocycles. The van der Waals surface area contributed by atoms with E-state index in [0.29, 0.717) is 5.56 Å². The van der Waals surface area contributed by atoms with Gasteiger partial charge < -0.3 is 15.5 Å². The summed E-state index contributed by atoms with van der Waals surface area (Å²) in [6.45, 7) is 3.97. The molecule has 1 atom stereocenters. The molecule has 0 fully saturated rings. The minimum atomic E-state index is -0.0844. The van der Waals surface area contributed by atoms with Crippen molar-refractivity contribution in [1.29, 1.82) is 0 Å². The monoisotopic (exact) mass is 243 g/mol. The minimum Gasteiger partial charge on any atom is -0.508 e. The molecule has 1 unspecified atom stereocenters. The normalized spacial score (nSPS) is 12.1. The number of phenols is 2. The molecule has 94 valence electrons. The summed E-state index contributed by atoms with van der Waals surface area (Å²) in [5, 5.41) is 22.5. The molecule has 3 heteroatoms. The number of rotatable bonds is 3. The van der Waals surface area contributed by atoms with E-state index in [4.69, 9.17) is 0 Å². The Morgan fingerprint density at radius 1 is 1.06 bits per heavy atom. The zero-order chi connectivity index (χ0) is 13.1. The van der Waals surface area contributed by atoms with Gasteiger partial charge >= 0.3 is 0 Å². The smallest absolute Gasteiger partial charge is 0.121 e. The number of phenolic OH excluding ortho intramolecular Hbond substituents is 2. The van der Waals surface area contributed by atoms with E-state index >= 15 is 0 Å². The van der Waals surface area contributed by atoms with Gasteiger partial charge in [-0.2, -0.15) is 0 Å². The molecule has 2 aromatic rings. The van der Waals surface area contributed by atoms with Gasteiger partial charge in [0.2, 0.25) is 0 Å². The molecule has 0 heterocycles. The molecular formula is C15H17NO2. The highest BCUT2D eigenvalue weighted by Gasteiger charge is 2.11. The lowest BCUT2D eigenvalue weighted by Gasteiger charge is -2.17. The van der Waals surface area contributed by atoms with Crippen molar-refractivity contribution < 1.29 is 10.2 Å². The van der Waals surface area contributed by atoms with Gasteiger partial charge in [-0.25, -0.2) is 0 Å². The molecule has 0 bridgehead atoms. The van der Waals surface area contributed by atoms with Crippen molar-refractivity contribution in [3.05, 3.63) is 53.6 Å². The molecule has 18 heavy (non-hydrogen) atoms. The van der Waals surface area contributed by atoms with Crippen LogP contribution in [0.2, 0.25) is 0 Å². The Hall–Kier alpha value is -2.16. The van der Waals surface area contributed by atoms with E-state index in [2.05, 4.69) is 5.32 Å². The predicted molar refractivity (Wildman–Crippen MR) is 73.0 cm³/mol. The van der Waals surface area contributed by atoms with Gasteiger partial charge in [0.25, 0.3) is 0 Å². The van der Waals surface area contributed by atoms with Gasteiger partial charge in [0.15, 0.2) is 0 Å². The fourth-order valence-corrected chi connectivity index (χ4v) is 1.95. The first-order chi connectivity index (χ1) is 8.56.